The summed E-state index contributed by atoms with van der Waals surface area (Å²) in [6, 6.07) is 22.8. The van der Waals surface area contributed by atoms with Crippen molar-refractivity contribution in [2.75, 3.05) is 18.1 Å². The van der Waals surface area contributed by atoms with Gasteiger partial charge in [-0.1, -0.05) is 48.9 Å². The van der Waals surface area contributed by atoms with Gasteiger partial charge in [0.2, 0.25) is 5.91 Å². The van der Waals surface area contributed by atoms with Crippen molar-refractivity contribution >= 4 is 22.6 Å². The van der Waals surface area contributed by atoms with Crippen molar-refractivity contribution in [3.05, 3.63) is 89.2 Å². The minimum absolute atomic E-state index is 0.0480. The molecule has 1 aliphatic heterocycles. The molecule has 5 heteroatoms. The Labute approximate surface area is 201 Å². The number of carbonyl (C=O) groups excluding carboxylic acids is 1. The summed E-state index contributed by atoms with van der Waals surface area (Å²) in [7, 11) is 0. The van der Waals surface area contributed by atoms with Crippen molar-refractivity contribution in [3.63, 3.8) is 0 Å². The minimum Gasteiger partial charge on any atom is -0.491 e. The van der Waals surface area contributed by atoms with Crippen LogP contribution in [0.5, 0.6) is 5.75 Å². The van der Waals surface area contributed by atoms with E-state index in [0.29, 0.717) is 26.1 Å². The van der Waals surface area contributed by atoms with E-state index in [0.717, 1.165) is 40.3 Å². The van der Waals surface area contributed by atoms with Gasteiger partial charge in [0.05, 0.1) is 17.6 Å². The van der Waals surface area contributed by atoms with Gasteiger partial charge in [-0.3, -0.25) is 4.79 Å². The van der Waals surface area contributed by atoms with Crippen molar-refractivity contribution < 1.29 is 9.53 Å². The molecule has 34 heavy (non-hydrogen) atoms. The molecule has 5 nitrogen and oxygen atoms in total. The number of rotatable bonds is 7. The number of hydrogen-bond acceptors (Lipinski definition) is 3. The number of anilines is 1. The van der Waals surface area contributed by atoms with Crippen LogP contribution >= 0.6 is 0 Å². The zero-order valence-electron chi connectivity index (χ0n) is 20.1. The molecule has 2 heterocycles. The quantitative estimate of drug-likeness (QED) is 0.354. The highest BCUT2D eigenvalue weighted by atomic mass is 16.5. The van der Waals surface area contributed by atoms with Crippen molar-refractivity contribution in [1.29, 1.82) is 0 Å². The van der Waals surface area contributed by atoms with Crippen LogP contribution in [0.2, 0.25) is 0 Å². The maximum atomic E-state index is 13.0. The third-order valence-electron chi connectivity index (χ3n) is 6.73. The maximum absolute atomic E-state index is 13.0. The Morgan fingerprint density at radius 2 is 1.82 bits per heavy atom. The number of fused-ring (bicyclic) bond motifs is 1. The summed E-state index contributed by atoms with van der Waals surface area (Å²) < 4.78 is 8.38. The monoisotopic (exact) mass is 453 g/mol. The summed E-state index contributed by atoms with van der Waals surface area (Å²) in [5.41, 5.74) is 6.65. The van der Waals surface area contributed by atoms with Crippen molar-refractivity contribution in [2.24, 2.45) is 0 Å². The standard InChI is InChI=1S/C29H31N3O2/c1-4-22-10-12-24(13-11-22)32-19-23(18-28(32)33)29-30-25-7-5-6-8-26(25)31(29)15-16-34-27-14-9-20(2)17-21(27)3/h5-14,17,23H,4,15-16,18-19H2,1-3H3. The fourth-order valence-electron chi connectivity index (χ4n) is 4.89. The van der Waals surface area contributed by atoms with Gasteiger partial charge in [-0.05, 0) is 61.7 Å². The molecule has 1 amide bonds. The summed E-state index contributed by atoms with van der Waals surface area (Å²) >= 11 is 0. The Morgan fingerprint density at radius 3 is 2.59 bits per heavy atom. The third kappa shape index (κ3) is 4.30. The van der Waals surface area contributed by atoms with E-state index in [-0.39, 0.29) is 11.8 Å². The van der Waals surface area contributed by atoms with Gasteiger partial charge in [-0.15, -0.1) is 0 Å². The molecule has 5 rings (SSSR count). The van der Waals surface area contributed by atoms with Crippen LogP contribution < -0.4 is 9.64 Å². The number of aromatic nitrogens is 2. The topological polar surface area (TPSA) is 47.4 Å². The summed E-state index contributed by atoms with van der Waals surface area (Å²) in [5, 5.41) is 0. The molecule has 0 spiro atoms. The fourth-order valence-corrected chi connectivity index (χ4v) is 4.89. The van der Waals surface area contributed by atoms with E-state index in [1.807, 2.05) is 29.2 Å². The lowest BCUT2D eigenvalue weighted by molar-refractivity contribution is -0.117. The van der Waals surface area contributed by atoms with Crippen LogP contribution in [0.3, 0.4) is 0 Å². The van der Waals surface area contributed by atoms with Crippen LogP contribution in [0.4, 0.5) is 5.69 Å². The minimum atomic E-state index is 0.0480. The van der Waals surface area contributed by atoms with E-state index >= 15 is 0 Å². The second-order valence-corrected chi connectivity index (χ2v) is 9.15. The Hall–Kier alpha value is -3.60. The molecule has 0 saturated carbocycles. The molecule has 0 bridgehead atoms. The summed E-state index contributed by atoms with van der Waals surface area (Å²) in [4.78, 5) is 19.8. The molecule has 1 atom stereocenters. The van der Waals surface area contributed by atoms with Crippen LogP contribution in [0.1, 0.15) is 41.8 Å². The van der Waals surface area contributed by atoms with Crippen molar-refractivity contribution in [2.45, 2.75) is 46.1 Å². The van der Waals surface area contributed by atoms with Gasteiger partial charge < -0.3 is 14.2 Å². The van der Waals surface area contributed by atoms with E-state index in [2.05, 4.69) is 67.8 Å². The molecule has 3 aromatic carbocycles. The van der Waals surface area contributed by atoms with Crippen LogP contribution in [0.25, 0.3) is 11.0 Å². The lowest BCUT2D eigenvalue weighted by Gasteiger charge is -2.18. The van der Waals surface area contributed by atoms with E-state index in [1.165, 1.54) is 11.1 Å². The molecule has 174 valence electrons. The number of imidazole rings is 1. The second-order valence-electron chi connectivity index (χ2n) is 9.15. The van der Waals surface area contributed by atoms with Crippen LogP contribution in [-0.4, -0.2) is 28.6 Å². The largest absolute Gasteiger partial charge is 0.491 e. The highest BCUT2D eigenvalue weighted by Gasteiger charge is 2.34. The Balaban J connectivity index is 1.38. The van der Waals surface area contributed by atoms with E-state index < -0.39 is 0 Å². The predicted molar refractivity (Wildman–Crippen MR) is 137 cm³/mol. The number of aryl methyl sites for hydroxylation is 3. The van der Waals surface area contributed by atoms with Gasteiger partial charge in [0.15, 0.2) is 0 Å². The predicted octanol–water partition coefficient (Wildman–Crippen LogP) is 5.82. The first kappa shape index (κ1) is 22.2. The number of nitrogens with zero attached hydrogens (tertiary/aromatic N) is 3. The van der Waals surface area contributed by atoms with E-state index in [1.54, 1.807) is 0 Å². The van der Waals surface area contributed by atoms with Crippen LogP contribution in [0, 0.1) is 13.8 Å². The number of ether oxygens (including phenoxy) is 1. The smallest absolute Gasteiger partial charge is 0.227 e. The first-order chi connectivity index (χ1) is 16.5. The number of amides is 1. The molecule has 4 aromatic rings. The van der Waals surface area contributed by atoms with Gasteiger partial charge in [-0.25, -0.2) is 4.98 Å². The summed E-state index contributed by atoms with van der Waals surface area (Å²) in [6.07, 6.45) is 1.46. The number of carbonyl (C=O) groups is 1. The highest BCUT2D eigenvalue weighted by Crippen LogP contribution is 2.33. The summed E-state index contributed by atoms with van der Waals surface area (Å²) in [6.45, 7) is 8.17. The molecular formula is C29H31N3O2. The average Bonchev–Trinajstić information content (AvgIpc) is 3.41. The van der Waals surface area contributed by atoms with Gasteiger partial charge in [-0.2, -0.15) is 0 Å². The summed E-state index contributed by atoms with van der Waals surface area (Å²) in [5.74, 6) is 2.08. The first-order valence-corrected chi connectivity index (χ1v) is 12.1. The number of para-hydroxylation sites is 2. The molecule has 1 unspecified atom stereocenters. The molecule has 1 saturated heterocycles. The Morgan fingerprint density at radius 1 is 1.03 bits per heavy atom. The zero-order valence-corrected chi connectivity index (χ0v) is 20.1. The van der Waals surface area contributed by atoms with Gasteiger partial charge in [0.1, 0.15) is 18.2 Å². The van der Waals surface area contributed by atoms with Crippen LogP contribution in [0.15, 0.2) is 66.7 Å². The number of hydrogen-bond donors (Lipinski definition) is 0. The highest BCUT2D eigenvalue weighted by molar-refractivity contribution is 5.96. The van der Waals surface area contributed by atoms with Gasteiger partial charge in [0, 0.05) is 24.6 Å². The van der Waals surface area contributed by atoms with Crippen molar-refractivity contribution in [3.8, 4) is 5.75 Å². The molecule has 1 aliphatic rings. The SMILES string of the molecule is CCc1ccc(N2CC(c3nc4ccccc4n3CCOc3ccc(C)cc3C)CC2=O)cc1. The first-order valence-electron chi connectivity index (χ1n) is 12.1. The molecule has 1 fully saturated rings. The maximum Gasteiger partial charge on any atom is 0.227 e. The lowest BCUT2D eigenvalue weighted by atomic mass is 10.1. The second kappa shape index (κ2) is 9.34. The van der Waals surface area contributed by atoms with E-state index in [9.17, 15) is 4.79 Å². The zero-order chi connectivity index (χ0) is 23.7. The van der Waals surface area contributed by atoms with Gasteiger partial charge in [0.25, 0.3) is 0 Å². The fraction of sp³-hybridized carbons (Fsp3) is 0.310. The Kier molecular flexibility index (Phi) is 6.10. The average molecular weight is 454 g/mol. The van der Waals surface area contributed by atoms with Crippen molar-refractivity contribution in [1.82, 2.24) is 9.55 Å². The lowest BCUT2D eigenvalue weighted by Crippen LogP contribution is -2.24. The molecule has 0 radical (unpaired) electrons. The normalized spacial score (nSPS) is 15.9. The van der Waals surface area contributed by atoms with Gasteiger partial charge >= 0.3 is 0 Å². The Bertz CT molecular complexity index is 1320. The molecule has 0 aliphatic carbocycles. The third-order valence-corrected chi connectivity index (χ3v) is 6.73. The molecule has 0 N–H and O–H groups in total. The number of benzene rings is 3. The molecule has 1 aromatic heterocycles. The molecular weight excluding hydrogens is 422 g/mol. The van der Waals surface area contributed by atoms with E-state index in [4.69, 9.17) is 9.72 Å². The van der Waals surface area contributed by atoms with Crippen LogP contribution in [-0.2, 0) is 17.8 Å².